The highest BCUT2D eigenvalue weighted by atomic mass is 16.5. The molecule has 0 aromatic heterocycles. The van der Waals surface area contributed by atoms with Crippen LogP contribution in [0, 0.1) is 5.92 Å². The van der Waals surface area contributed by atoms with Crippen LogP contribution in [0.3, 0.4) is 0 Å². The minimum absolute atomic E-state index is 0.00676. The SMILES string of the molecule is COc1cccc(CNc2ccc(NC(=O)C(C)C)cc2)c1OCc1ccccc1. The number of benzene rings is 3. The van der Waals surface area contributed by atoms with Crippen molar-refractivity contribution in [3.8, 4) is 11.5 Å². The van der Waals surface area contributed by atoms with Crippen LogP contribution in [0.25, 0.3) is 0 Å². The third kappa shape index (κ3) is 5.77. The number of hydrogen-bond donors (Lipinski definition) is 2. The zero-order chi connectivity index (χ0) is 21.3. The van der Waals surface area contributed by atoms with Gasteiger partial charge in [0.25, 0.3) is 0 Å². The number of ether oxygens (including phenoxy) is 2. The molecular weight excluding hydrogens is 376 g/mol. The highest BCUT2D eigenvalue weighted by Crippen LogP contribution is 2.32. The lowest BCUT2D eigenvalue weighted by molar-refractivity contribution is -0.118. The number of methoxy groups -OCH3 is 1. The summed E-state index contributed by atoms with van der Waals surface area (Å²) in [5, 5.41) is 6.30. The van der Waals surface area contributed by atoms with Crippen molar-refractivity contribution in [3.63, 3.8) is 0 Å². The number of nitrogens with one attached hydrogen (secondary N) is 2. The molecule has 0 atom stereocenters. The zero-order valence-electron chi connectivity index (χ0n) is 17.6. The summed E-state index contributed by atoms with van der Waals surface area (Å²) in [6, 6.07) is 23.6. The van der Waals surface area contributed by atoms with Gasteiger partial charge in [0.15, 0.2) is 11.5 Å². The first kappa shape index (κ1) is 21.2. The molecule has 3 aromatic carbocycles. The summed E-state index contributed by atoms with van der Waals surface area (Å²) >= 11 is 0. The third-order valence-corrected chi connectivity index (χ3v) is 4.67. The van der Waals surface area contributed by atoms with Crippen molar-refractivity contribution in [2.24, 2.45) is 5.92 Å². The Morgan fingerprint density at radius 1 is 0.900 bits per heavy atom. The quantitative estimate of drug-likeness (QED) is 0.496. The predicted octanol–water partition coefficient (Wildman–Crippen LogP) is 5.48. The molecule has 2 N–H and O–H groups in total. The highest BCUT2D eigenvalue weighted by molar-refractivity contribution is 5.92. The van der Waals surface area contributed by atoms with Gasteiger partial charge in [-0.05, 0) is 35.9 Å². The monoisotopic (exact) mass is 404 g/mol. The van der Waals surface area contributed by atoms with Crippen LogP contribution in [-0.4, -0.2) is 13.0 Å². The smallest absolute Gasteiger partial charge is 0.226 e. The molecule has 3 aromatic rings. The molecule has 5 heteroatoms. The lowest BCUT2D eigenvalue weighted by Gasteiger charge is -2.16. The molecule has 1 amide bonds. The molecule has 0 aliphatic carbocycles. The molecule has 5 nitrogen and oxygen atoms in total. The molecule has 0 unspecified atom stereocenters. The van der Waals surface area contributed by atoms with Crippen LogP contribution in [0.15, 0.2) is 72.8 Å². The molecule has 0 heterocycles. The van der Waals surface area contributed by atoms with Crippen LogP contribution in [0.1, 0.15) is 25.0 Å². The minimum atomic E-state index is -0.0508. The van der Waals surface area contributed by atoms with Crippen molar-refractivity contribution in [1.29, 1.82) is 0 Å². The molecule has 0 spiro atoms. The normalized spacial score (nSPS) is 10.5. The van der Waals surface area contributed by atoms with Crippen LogP contribution >= 0.6 is 0 Å². The number of carbonyl (C=O) groups excluding carboxylic acids is 1. The summed E-state index contributed by atoms with van der Waals surface area (Å²) in [5.74, 6) is 1.40. The Balaban J connectivity index is 1.66. The molecule has 0 aliphatic heterocycles. The van der Waals surface area contributed by atoms with Crippen LogP contribution < -0.4 is 20.1 Å². The summed E-state index contributed by atoms with van der Waals surface area (Å²) in [6.07, 6.45) is 0. The standard InChI is InChI=1S/C25H28N2O3/c1-18(2)25(28)27-22-14-12-21(13-15-22)26-16-20-10-7-11-23(29-3)24(20)30-17-19-8-5-4-6-9-19/h4-15,18,26H,16-17H2,1-3H3,(H,27,28). The lowest BCUT2D eigenvalue weighted by Crippen LogP contribution is -2.17. The van der Waals surface area contributed by atoms with Gasteiger partial charge in [0, 0.05) is 29.4 Å². The maximum Gasteiger partial charge on any atom is 0.226 e. The van der Waals surface area contributed by atoms with E-state index in [4.69, 9.17) is 9.47 Å². The van der Waals surface area contributed by atoms with Gasteiger partial charge in [-0.2, -0.15) is 0 Å². The average molecular weight is 405 g/mol. The van der Waals surface area contributed by atoms with E-state index in [2.05, 4.69) is 10.6 Å². The minimum Gasteiger partial charge on any atom is -0.493 e. The van der Waals surface area contributed by atoms with Gasteiger partial charge >= 0.3 is 0 Å². The van der Waals surface area contributed by atoms with Crippen LogP contribution in [0.4, 0.5) is 11.4 Å². The molecular formula is C25H28N2O3. The van der Waals surface area contributed by atoms with E-state index in [9.17, 15) is 4.79 Å². The van der Waals surface area contributed by atoms with Crippen LogP contribution in [-0.2, 0) is 17.9 Å². The first-order chi connectivity index (χ1) is 14.6. The Bertz CT molecular complexity index is 954. The van der Waals surface area contributed by atoms with E-state index in [1.807, 2.05) is 86.6 Å². The number of para-hydroxylation sites is 1. The van der Waals surface area contributed by atoms with E-state index in [-0.39, 0.29) is 11.8 Å². The summed E-state index contributed by atoms with van der Waals surface area (Å²) in [5.41, 5.74) is 3.84. The second-order valence-electron chi connectivity index (χ2n) is 7.30. The van der Waals surface area contributed by atoms with Crippen molar-refractivity contribution < 1.29 is 14.3 Å². The maximum absolute atomic E-state index is 11.8. The summed E-state index contributed by atoms with van der Waals surface area (Å²) in [7, 11) is 1.64. The van der Waals surface area contributed by atoms with Crippen LogP contribution in [0.5, 0.6) is 11.5 Å². The first-order valence-corrected chi connectivity index (χ1v) is 10.0. The first-order valence-electron chi connectivity index (χ1n) is 10.0. The summed E-state index contributed by atoms with van der Waals surface area (Å²) < 4.78 is 11.6. The Hall–Kier alpha value is -3.47. The van der Waals surface area contributed by atoms with E-state index in [0.717, 1.165) is 28.3 Å². The summed E-state index contributed by atoms with van der Waals surface area (Å²) in [4.78, 5) is 11.8. The highest BCUT2D eigenvalue weighted by Gasteiger charge is 2.11. The van der Waals surface area contributed by atoms with Crippen molar-refractivity contribution in [1.82, 2.24) is 0 Å². The second kappa shape index (κ2) is 10.3. The van der Waals surface area contributed by atoms with Crippen molar-refractivity contribution in [2.75, 3.05) is 17.7 Å². The number of amides is 1. The van der Waals surface area contributed by atoms with Gasteiger partial charge in [0.1, 0.15) is 6.61 Å². The zero-order valence-corrected chi connectivity index (χ0v) is 17.6. The van der Waals surface area contributed by atoms with Crippen molar-refractivity contribution in [2.45, 2.75) is 27.0 Å². The van der Waals surface area contributed by atoms with Crippen molar-refractivity contribution >= 4 is 17.3 Å². The topological polar surface area (TPSA) is 59.6 Å². The van der Waals surface area contributed by atoms with Gasteiger partial charge in [-0.15, -0.1) is 0 Å². The predicted molar refractivity (Wildman–Crippen MR) is 121 cm³/mol. The van der Waals surface area contributed by atoms with Gasteiger partial charge in [0.05, 0.1) is 7.11 Å². The Labute approximate surface area is 178 Å². The van der Waals surface area contributed by atoms with Gasteiger partial charge in [-0.25, -0.2) is 0 Å². The molecule has 0 fully saturated rings. The van der Waals surface area contributed by atoms with Crippen LogP contribution in [0.2, 0.25) is 0 Å². The molecule has 3 rings (SSSR count). The summed E-state index contributed by atoms with van der Waals surface area (Å²) in [6.45, 7) is 4.80. The van der Waals surface area contributed by atoms with E-state index in [1.165, 1.54) is 0 Å². The van der Waals surface area contributed by atoms with Gasteiger partial charge in [0.2, 0.25) is 5.91 Å². The average Bonchev–Trinajstić information content (AvgIpc) is 2.77. The van der Waals surface area contributed by atoms with E-state index in [0.29, 0.717) is 18.9 Å². The number of anilines is 2. The van der Waals surface area contributed by atoms with E-state index in [1.54, 1.807) is 7.11 Å². The Morgan fingerprint density at radius 2 is 1.60 bits per heavy atom. The fourth-order valence-corrected chi connectivity index (χ4v) is 2.91. The number of hydrogen-bond acceptors (Lipinski definition) is 4. The van der Waals surface area contributed by atoms with E-state index < -0.39 is 0 Å². The van der Waals surface area contributed by atoms with Gasteiger partial charge < -0.3 is 20.1 Å². The van der Waals surface area contributed by atoms with Gasteiger partial charge in [-0.1, -0.05) is 56.3 Å². The molecule has 0 aliphatic rings. The Morgan fingerprint density at radius 3 is 2.27 bits per heavy atom. The largest absolute Gasteiger partial charge is 0.493 e. The molecule has 0 saturated carbocycles. The molecule has 0 radical (unpaired) electrons. The van der Waals surface area contributed by atoms with Crippen molar-refractivity contribution in [3.05, 3.63) is 83.9 Å². The second-order valence-corrected chi connectivity index (χ2v) is 7.30. The number of carbonyl (C=O) groups is 1. The van der Waals surface area contributed by atoms with E-state index >= 15 is 0 Å². The molecule has 156 valence electrons. The third-order valence-electron chi connectivity index (χ3n) is 4.67. The Kier molecular flexibility index (Phi) is 7.33. The maximum atomic E-state index is 11.8. The van der Waals surface area contributed by atoms with Gasteiger partial charge in [-0.3, -0.25) is 4.79 Å². The lowest BCUT2D eigenvalue weighted by atomic mass is 10.1. The molecule has 0 bridgehead atoms. The molecule has 30 heavy (non-hydrogen) atoms. The number of rotatable bonds is 9. The molecule has 0 saturated heterocycles. The fourth-order valence-electron chi connectivity index (χ4n) is 2.91. The fraction of sp³-hybridized carbons (Fsp3) is 0.240.